The normalized spacial score (nSPS) is 11.7. The molecule has 2 aromatic rings. The number of carboxylic acids is 2. The van der Waals surface area contributed by atoms with Crippen molar-refractivity contribution in [1.29, 1.82) is 0 Å². The standard InChI is InChI=1S/2C14H20N2O4/c2*15-12(13(17)18)8-4-5-9-16-14(19)20-10-11-6-2-1-3-7-11/h2*1-3,6-7,12H,4-5,8-10,15H2,(H,16,19)(H,17,18)/t2*12-/m11/s1. The molecular formula is C28H40N4O8. The van der Waals surface area contributed by atoms with Crippen LogP contribution in [0.25, 0.3) is 0 Å². The molecule has 0 aliphatic carbocycles. The number of nitrogens with two attached hydrogens (primary N) is 2. The number of carbonyl (C=O) groups excluding carboxylic acids is 2. The zero-order chi connectivity index (χ0) is 29.6. The lowest BCUT2D eigenvalue weighted by molar-refractivity contribution is -0.139. The Kier molecular flexibility index (Phi) is 17.6. The molecule has 0 radical (unpaired) electrons. The molecule has 220 valence electrons. The van der Waals surface area contributed by atoms with Crippen LogP contribution in [0.5, 0.6) is 0 Å². The molecule has 2 aromatic carbocycles. The van der Waals surface area contributed by atoms with Crippen molar-refractivity contribution in [3.8, 4) is 0 Å². The summed E-state index contributed by atoms with van der Waals surface area (Å²) >= 11 is 0. The van der Waals surface area contributed by atoms with Gasteiger partial charge in [-0.15, -0.1) is 0 Å². The molecule has 0 heterocycles. The van der Waals surface area contributed by atoms with Crippen LogP contribution in [0, 0.1) is 0 Å². The van der Waals surface area contributed by atoms with Crippen LogP contribution in [-0.4, -0.2) is 59.5 Å². The summed E-state index contributed by atoms with van der Waals surface area (Å²) in [6, 6.07) is 17.1. The number of nitrogens with one attached hydrogen (secondary N) is 2. The molecule has 2 amide bonds. The van der Waals surface area contributed by atoms with E-state index in [2.05, 4.69) is 10.6 Å². The average molecular weight is 561 g/mol. The summed E-state index contributed by atoms with van der Waals surface area (Å²) in [5, 5.41) is 22.4. The van der Waals surface area contributed by atoms with Crippen LogP contribution in [-0.2, 0) is 32.3 Å². The Morgan fingerprint density at radius 2 is 0.975 bits per heavy atom. The average Bonchev–Trinajstić information content (AvgIpc) is 2.95. The number of rotatable bonds is 16. The first-order valence-corrected chi connectivity index (χ1v) is 13.0. The monoisotopic (exact) mass is 560 g/mol. The Morgan fingerprint density at radius 1 is 0.625 bits per heavy atom. The second-order valence-corrected chi connectivity index (χ2v) is 8.86. The Labute approximate surface area is 234 Å². The van der Waals surface area contributed by atoms with E-state index in [0.29, 0.717) is 51.6 Å². The summed E-state index contributed by atoms with van der Waals surface area (Å²) in [4.78, 5) is 43.7. The molecule has 0 aliphatic rings. The molecule has 40 heavy (non-hydrogen) atoms. The Balaban J connectivity index is 0.000000400. The fourth-order valence-corrected chi connectivity index (χ4v) is 3.15. The van der Waals surface area contributed by atoms with Crippen molar-refractivity contribution in [2.75, 3.05) is 13.1 Å². The summed E-state index contributed by atoms with van der Waals surface area (Å²) in [6.07, 6.45) is 2.47. The molecule has 2 atom stereocenters. The largest absolute Gasteiger partial charge is 0.480 e. The van der Waals surface area contributed by atoms with Gasteiger partial charge in [0.05, 0.1) is 0 Å². The third kappa shape index (κ3) is 17.4. The number of amides is 2. The van der Waals surface area contributed by atoms with Gasteiger partial charge in [-0.3, -0.25) is 9.59 Å². The predicted octanol–water partition coefficient (Wildman–Crippen LogP) is 2.99. The summed E-state index contributed by atoms with van der Waals surface area (Å²) in [6.45, 7) is 1.35. The van der Waals surface area contributed by atoms with Gasteiger partial charge < -0.3 is 41.8 Å². The van der Waals surface area contributed by atoms with Crippen molar-refractivity contribution >= 4 is 24.1 Å². The molecule has 0 bridgehead atoms. The first-order valence-electron chi connectivity index (χ1n) is 13.0. The smallest absolute Gasteiger partial charge is 0.407 e. The number of hydrogen-bond donors (Lipinski definition) is 6. The van der Waals surface area contributed by atoms with E-state index in [4.69, 9.17) is 31.2 Å². The Bertz CT molecular complexity index is 926. The number of hydrogen-bond acceptors (Lipinski definition) is 8. The van der Waals surface area contributed by atoms with Crippen molar-refractivity contribution in [2.24, 2.45) is 11.5 Å². The van der Waals surface area contributed by atoms with Crippen molar-refractivity contribution in [1.82, 2.24) is 10.6 Å². The number of carbonyl (C=O) groups is 4. The van der Waals surface area contributed by atoms with E-state index in [9.17, 15) is 19.2 Å². The van der Waals surface area contributed by atoms with Gasteiger partial charge in [0.2, 0.25) is 0 Å². The van der Waals surface area contributed by atoms with Crippen LogP contribution in [0.1, 0.15) is 49.7 Å². The molecule has 8 N–H and O–H groups in total. The van der Waals surface area contributed by atoms with Gasteiger partial charge in [0.25, 0.3) is 0 Å². The molecular weight excluding hydrogens is 520 g/mol. The SMILES string of the molecule is N[C@H](CCCCNC(=O)OCc1ccccc1)C(=O)O.N[C@H](CCCCNC(=O)OCc1ccccc1)C(=O)O. The van der Waals surface area contributed by atoms with Crippen LogP contribution < -0.4 is 22.1 Å². The van der Waals surface area contributed by atoms with Gasteiger partial charge in [-0.2, -0.15) is 0 Å². The molecule has 0 unspecified atom stereocenters. The predicted molar refractivity (Wildman–Crippen MR) is 148 cm³/mol. The minimum atomic E-state index is -1.000. The zero-order valence-corrected chi connectivity index (χ0v) is 22.5. The van der Waals surface area contributed by atoms with Gasteiger partial charge in [-0.05, 0) is 49.7 Å². The number of alkyl carbamates (subject to hydrolysis) is 2. The first-order chi connectivity index (χ1) is 19.2. The van der Waals surface area contributed by atoms with Gasteiger partial charge in [-0.25, -0.2) is 9.59 Å². The van der Waals surface area contributed by atoms with Gasteiger partial charge >= 0.3 is 24.1 Å². The summed E-state index contributed by atoms with van der Waals surface area (Å²) in [7, 11) is 0. The maximum atomic E-state index is 11.4. The molecule has 0 saturated carbocycles. The topological polar surface area (TPSA) is 203 Å². The second kappa shape index (κ2) is 20.8. The van der Waals surface area contributed by atoms with Crippen LogP contribution in [0.2, 0.25) is 0 Å². The summed E-state index contributed by atoms with van der Waals surface area (Å²) < 4.78 is 10.1. The third-order valence-electron chi connectivity index (χ3n) is 5.48. The molecule has 0 aliphatic heterocycles. The molecule has 0 spiro atoms. The van der Waals surface area contributed by atoms with Crippen molar-refractivity contribution in [2.45, 2.75) is 63.8 Å². The zero-order valence-electron chi connectivity index (χ0n) is 22.5. The van der Waals surface area contributed by atoms with E-state index in [-0.39, 0.29) is 13.2 Å². The highest BCUT2D eigenvalue weighted by molar-refractivity contribution is 5.73. The van der Waals surface area contributed by atoms with E-state index in [1.54, 1.807) is 0 Å². The number of benzene rings is 2. The van der Waals surface area contributed by atoms with Crippen molar-refractivity contribution in [3.63, 3.8) is 0 Å². The van der Waals surface area contributed by atoms with Gasteiger partial charge in [0, 0.05) is 13.1 Å². The van der Waals surface area contributed by atoms with Crippen LogP contribution in [0.15, 0.2) is 60.7 Å². The Morgan fingerprint density at radius 3 is 1.30 bits per heavy atom. The van der Waals surface area contributed by atoms with Gasteiger partial charge in [0.15, 0.2) is 0 Å². The van der Waals surface area contributed by atoms with Crippen LogP contribution in [0.4, 0.5) is 9.59 Å². The summed E-state index contributed by atoms with van der Waals surface area (Å²) in [5.74, 6) is -2.00. The molecule has 0 aromatic heterocycles. The summed E-state index contributed by atoms with van der Waals surface area (Å²) in [5.41, 5.74) is 12.6. The molecule has 12 nitrogen and oxygen atoms in total. The van der Waals surface area contributed by atoms with E-state index in [0.717, 1.165) is 11.1 Å². The molecule has 12 heteroatoms. The maximum absolute atomic E-state index is 11.4. The lowest BCUT2D eigenvalue weighted by atomic mass is 10.1. The van der Waals surface area contributed by atoms with Crippen LogP contribution >= 0.6 is 0 Å². The highest BCUT2D eigenvalue weighted by Crippen LogP contribution is 2.03. The number of carboxylic acid groups (broad SMARTS) is 2. The number of aliphatic carboxylic acids is 2. The highest BCUT2D eigenvalue weighted by atomic mass is 16.6. The minimum Gasteiger partial charge on any atom is -0.480 e. The minimum absolute atomic E-state index is 0.233. The van der Waals surface area contributed by atoms with E-state index in [1.165, 1.54) is 0 Å². The molecule has 0 saturated heterocycles. The van der Waals surface area contributed by atoms with Crippen molar-refractivity contribution in [3.05, 3.63) is 71.8 Å². The lowest BCUT2D eigenvalue weighted by Crippen LogP contribution is -2.30. The van der Waals surface area contributed by atoms with E-state index >= 15 is 0 Å². The fraction of sp³-hybridized carbons (Fsp3) is 0.429. The quantitative estimate of drug-likeness (QED) is 0.166. The fourth-order valence-electron chi connectivity index (χ4n) is 3.15. The van der Waals surface area contributed by atoms with E-state index in [1.807, 2.05) is 60.7 Å². The first kappa shape index (κ1) is 33.9. The highest BCUT2D eigenvalue weighted by Gasteiger charge is 2.11. The second-order valence-electron chi connectivity index (χ2n) is 8.86. The maximum Gasteiger partial charge on any atom is 0.407 e. The molecule has 0 fully saturated rings. The third-order valence-corrected chi connectivity index (χ3v) is 5.48. The van der Waals surface area contributed by atoms with Crippen LogP contribution in [0.3, 0.4) is 0 Å². The van der Waals surface area contributed by atoms with Gasteiger partial charge in [-0.1, -0.05) is 60.7 Å². The van der Waals surface area contributed by atoms with E-state index < -0.39 is 36.2 Å². The number of unbranched alkanes of at least 4 members (excludes halogenated alkanes) is 2. The van der Waals surface area contributed by atoms with Gasteiger partial charge in [0.1, 0.15) is 25.3 Å². The van der Waals surface area contributed by atoms with Crippen molar-refractivity contribution < 1.29 is 38.9 Å². The number of ether oxygens (including phenoxy) is 2. The molecule has 2 rings (SSSR count). The lowest BCUT2D eigenvalue weighted by Gasteiger charge is -2.08. The Hall–Kier alpha value is -4.16.